The topological polar surface area (TPSA) is 74.7 Å². The maximum Gasteiger partial charge on any atom is 0.347 e. The highest BCUT2D eigenvalue weighted by molar-refractivity contribution is 7.89. The van der Waals surface area contributed by atoms with Crippen molar-refractivity contribution < 1.29 is 18.3 Å². The van der Waals surface area contributed by atoms with Crippen LogP contribution in [0.4, 0.5) is 0 Å². The number of hydrogen-bond donors (Lipinski definition) is 1. The van der Waals surface area contributed by atoms with E-state index in [-0.39, 0.29) is 9.77 Å². The number of nitrogens with zero attached hydrogens (tertiary/aromatic N) is 1. The highest BCUT2D eigenvalue weighted by Gasteiger charge is 2.33. The number of aromatic carboxylic acids is 1. The quantitative estimate of drug-likeness (QED) is 0.926. The first kappa shape index (κ1) is 15.5. The Hall–Kier alpha value is -0.920. The van der Waals surface area contributed by atoms with Crippen molar-refractivity contribution in [2.45, 2.75) is 31.6 Å². The summed E-state index contributed by atoms with van der Waals surface area (Å²) in [4.78, 5) is 10.9. The van der Waals surface area contributed by atoms with Crippen LogP contribution in [0.5, 0.6) is 0 Å². The minimum absolute atomic E-state index is 0.0713. The van der Waals surface area contributed by atoms with Crippen LogP contribution in [0.25, 0.3) is 0 Å². The van der Waals surface area contributed by atoms with Crippen LogP contribution in [0.3, 0.4) is 0 Å². The summed E-state index contributed by atoms with van der Waals surface area (Å²) >= 11 is 0.949. The summed E-state index contributed by atoms with van der Waals surface area (Å²) in [5.41, 5.74) is 0. The van der Waals surface area contributed by atoms with Gasteiger partial charge in [0.2, 0.25) is 10.0 Å². The lowest BCUT2D eigenvalue weighted by atomic mass is 9.87. The van der Waals surface area contributed by atoms with E-state index in [2.05, 4.69) is 13.8 Å². The van der Waals surface area contributed by atoms with E-state index in [9.17, 15) is 13.2 Å². The van der Waals surface area contributed by atoms with Crippen LogP contribution in [0, 0.1) is 11.8 Å². The van der Waals surface area contributed by atoms with Crippen molar-refractivity contribution >= 4 is 27.3 Å². The van der Waals surface area contributed by atoms with Gasteiger partial charge in [-0.25, -0.2) is 13.2 Å². The first-order valence-corrected chi connectivity index (χ1v) is 8.97. The van der Waals surface area contributed by atoms with Gasteiger partial charge < -0.3 is 5.11 Å². The Morgan fingerprint density at radius 2 is 2.00 bits per heavy atom. The number of carboxylic acid groups (broad SMARTS) is 1. The molecular formula is C13H19NO4S2. The van der Waals surface area contributed by atoms with E-state index in [1.807, 2.05) is 0 Å². The molecule has 20 heavy (non-hydrogen) atoms. The molecule has 0 aliphatic carbocycles. The average Bonchev–Trinajstić information content (AvgIpc) is 2.89. The normalized spacial score (nSPS) is 18.6. The predicted molar refractivity (Wildman–Crippen MR) is 77.6 cm³/mol. The molecule has 1 aromatic rings. The standard InChI is InChI=1S/C13H19NO4S2/c1-9(2)10-3-6-14(7-4-10)20(17,18)11-5-8-19-12(11)13(15)16/h5,8-10H,3-4,6-7H2,1-2H3,(H,15,16). The molecule has 1 aliphatic rings. The van der Waals surface area contributed by atoms with Crippen LogP contribution in [0.2, 0.25) is 0 Å². The second kappa shape index (κ2) is 5.83. The third-order valence-corrected chi connectivity index (χ3v) is 6.86. The van der Waals surface area contributed by atoms with Crippen LogP contribution < -0.4 is 0 Å². The monoisotopic (exact) mass is 317 g/mol. The second-order valence-corrected chi connectivity index (χ2v) is 8.23. The molecule has 7 heteroatoms. The maximum absolute atomic E-state index is 12.5. The van der Waals surface area contributed by atoms with Crippen molar-refractivity contribution in [3.05, 3.63) is 16.3 Å². The highest BCUT2D eigenvalue weighted by atomic mass is 32.2. The Labute approximate surface area is 123 Å². The number of rotatable bonds is 4. The Balaban J connectivity index is 2.20. The molecule has 0 aromatic carbocycles. The number of piperidine rings is 1. The molecule has 2 rings (SSSR count). The first-order valence-electron chi connectivity index (χ1n) is 6.65. The molecule has 5 nitrogen and oxygen atoms in total. The summed E-state index contributed by atoms with van der Waals surface area (Å²) in [5.74, 6) is -0.0888. The van der Waals surface area contributed by atoms with Gasteiger partial charge in [0.1, 0.15) is 9.77 Å². The van der Waals surface area contributed by atoms with Crippen LogP contribution >= 0.6 is 11.3 Å². The smallest absolute Gasteiger partial charge is 0.347 e. The van der Waals surface area contributed by atoms with E-state index in [1.165, 1.54) is 15.8 Å². The van der Waals surface area contributed by atoms with Crippen LogP contribution in [-0.2, 0) is 10.0 Å². The maximum atomic E-state index is 12.5. The van der Waals surface area contributed by atoms with Gasteiger partial charge in [0, 0.05) is 13.1 Å². The number of hydrogen-bond acceptors (Lipinski definition) is 4. The van der Waals surface area contributed by atoms with Crippen molar-refractivity contribution in [2.75, 3.05) is 13.1 Å². The Kier molecular flexibility index (Phi) is 4.51. The number of sulfonamides is 1. The molecule has 0 spiro atoms. The third-order valence-electron chi connectivity index (χ3n) is 3.88. The summed E-state index contributed by atoms with van der Waals surface area (Å²) in [7, 11) is -3.68. The zero-order valence-corrected chi connectivity index (χ0v) is 13.2. The highest BCUT2D eigenvalue weighted by Crippen LogP contribution is 2.30. The molecule has 1 aliphatic heterocycles. The van der Waals surface area contributed by atoms with Gasteiger partial charge >= 0.3 is 5.97 Å². The van der Waals surface area contributed by atoms with Gasteiger partial charge in [-0.2, -0.15) is 4.31 Å². The molecule has 0 saturated carbocycles. The first-order chi connectivity index (χ1) is 9.34. The zero-order chi connectivity index (χ0) is 14.9. The molecule has 2 heterocycles. The van der Waals surface area contributed by atoms with Crippen molar-refractivity contribution in [1.82, 2.24) is 4.31 Å². The summed E-state index contributed by atoms with van der Waals surface area (Å²) in [6.45, 7) is 5.24. The Morgan fingerprint density at radius 3 is 2.50 bits per heavy atom. The van der Waals surface area contributed by atoms with Gasteiger partial charge in [-0.3, -0.25) is 0 Å². The minimum atomic E-state index is -3.68. The lowest BCUT2D eigenvalue weighted by molar-refractivity contribution is 0.0698. The third kappa shape index (κ3) is 2.89. The summed E-state index contributed by atoms with van der Waals surface area (Å²) < 4.78 is 26.5. The fraction of sp³-hybridized carbons (Fsp3) is 0.615. The lowest BCUT2D eigenvalue weighted by Crippen LogP contribution is -2.39. The number of carbonyl (C=O) groups is 1. The fourth-order valence-electron chi connectivity index (χ4n) is 2.58. The van der Waals surface area contributed by atoms with Crippen molar-refractivity contribution in [3.63, 3.8) is 0 Å². The summed E-state index contributed by atoms with van der Waals surface area (Å²) in [6.07, 6.45) is 1.67. The SMILES string of the molecule is CC(C)C1CCN(S(=O)(=O)c2ccsc2C(=O)O)CC1. The molecule has 0 amide bonds. The van der Waals surface area contributed by atoms with Gasteiger partial charge in [-0.15, -0.1) is 11.3 Å². The van der Waals surface area contributed by atoms with E-state index in [4.69, 9.17) is 5.11 Å². The average molecular weight is 317 g/mol. The molecule has 0 atom stereocenters. The zero-order valence-electron chi connectivity index (χ0n) is 11.6. The van der Waals surface area contributed by atoms with E-state index < -0.39 is 16.0 Å². The fourth-order valence-corrected chi connectivity index (χ4v) is 5.28. The molecule has 1 saturated heterocycles. The van der Waals surface area contributed by atoms with Crippen LogP contribution in [0.1, 0.15) is 36.4 Å². The molecule has 1 fully saturated rings. The second-order valence-electron chi connectivity index (χ2n) is 5.40. The van der Waals surface area contributed by atoms with Gasteiger partial charge in [0.05, 0.1) is 0 Å². The van der Waals surface area contributed by atoms with Crippen molar-refractivity contribution in [1.29, 1.82) is 0 Å². The van der Waals surface area contributed by atoms with E-state index in [1.54, 1.807) is 0 Å². The minimum Gasteiger partial charge on any atom is -0.477 e. The summed E-state index contributed by atoms with van der Waals surface area (Å²) in [6, 6.07) is 1.39. The van der Waals surface area contributed by atoms with Gasteiger partial charge in [-0.05, 0) is 36.1 Å². The molecule has 0 bridgehead atoms. The molecule has 1 aromatic heterocycles. The molecule has 0 unspecified atom stereocenters. The predicted octanol–water partition coefficient (Wildman–Crippen LogP) is 2.50. The van der Waals surface area contributed by atoms with Crippen molar-refractivity contribution in [3.8, 4) is 0 Å². The Morgan fingerprint density at radius 1 is 1.40 bits per heavy atom. The molecule has 1 N–H and O–H groups in total. The van der Waals surface area contributed by atoms with Gasteiger partial charge in [0.15, 0.2) is 0 Å². The van der Waals surface area contributed by atoms with Gasteiger partial charge in [-0.1, -0.05) is 13.8 Å². The molecule has 0 radical (unpaired) electrons. The molecule has 112 valence electrons. The van der Waals surface area contributed by atoms with Crippen molar-refractivity contribution in [2.24, 2.45) is 11.8 Å². The van der Waals surface area contributed by atoms with Crippen LogP contribution in [-0.4, -0.2) is 36.9 Å². The molecular weight excluding hydrogens is 298 g/mol. The summed E-state index contributed by atoms with van der Waals surface area (Å²) in [5, 5.41) is 10.6. The van der Waals surface area contributed by atoms with E-state index in [0.29, 0.717) is 24.9 Å². The number of carboxylic acids is 1. The number of thiophene rings is 1. The van der Waals surface area contributed by atoms with E-state index in [0.717, 1.165) is 24.2 Å². The lowest BCUT2D eigenvalue weighted by Gasteiger charge is -2.33. The largest absolute Gasteiger partial charge is 0.477 e. The van der Waals surface area contributed by atoms with E-state index >= 15 is 0 Å². The van der Waals surface area contributed by atoms with Gasteiger partial charge in [0.25, 0.3) is 0 Å². The Bertz CT molecular complexity index is 583. The van der Waals surface area contributed by atoms with Crippen LogP contribution in [0.15, 0.2) is 16.3 Å².